The van der Waals surface area contributed by atoms with Crippen molar-refractivity contribution in [2.75, 3.05) is 29.4 Å². The first kappa shape index (κ1) is 40.0. The summed E-state index contributed by atoms with van der Waals surface area (Å²) < 4.78 is 44.6. The second kappa shape index (κ2) is 17.3. The molecule has 0 radical (unpaired) electrons. The number of hydrogen-bond acceptors (Lipinski definition) is 16. The second-order valence-electron chi connectivity index (χ2n) is 12.1. The Morgan fingerprint density at radius 3 is 2.57 bits per heavy atom. The summed E-state index contributed by atoms with van der Waals surface area (Å²) in [5.41, 5.74) is -0.415. The number of nitrogens with one attached hydrogen (secondary N) is 2. The smallest absolute Gasteiger partial charge is 0.493 e. The van der Waals surface area contributed by atoms with Gasteiger partial charge in [-0.2, -0.15) is 0 Å². The lowest BCUT2D eigenvalue weighted by molar-refractivity contribution is -0.153. The minimum Gasteiger partial charge on any atom is -0.614 e. The lowest BCUT2D eigenvalue weighted by Gasteiger charge is -2.49. The molecule has 2 fully saturated rings. The van der Waals surface area contributed by atoms with E-state index >= 15 is 0 Å². The van der Waals surface area contributed by atoms with Crippen LogP contribution in [0, 0.1) is 0 Å². The summed E-state index contributed by atoms with van der Waals surface area (Å²) in [6, 6.07) is 5.50. The molecule has 0 aliphatic carbocycles. The van der Waals surface area contributed by atoms with Crippen LogP contribution in [0.5, 0.6) is 5.75 Å². The van der Waals surface area contributed by atoms with Crippen LogP contribution in [0.4, 0.5) is 9.93 Å². The number of ether oxygens (including phenoxy) is 3. The standard InChI is InChI=1S/C30H32B2IN5O13S2/c1-30(2,3)49-29(43)36-28-34-18(12-52-28)20(37-51-19(26(41)50-31)9-32-47-14-48-32)23(39)35-21-24(40)38-22(16(10-33)13-53(44)25(21)38)27(42)46-11-15-5-7-17(45-4)8-6-15/h5-9,12,21,25H,10-11,13-14,31H2,1-4H3,(H,35,39)(H,34,36,43)/b19-9+,37-20-/t21-,25-,53?/m1/s1. The molecule has 2 saturated heterocycles. The molecule has 3 aliphatic rings. The number of fused-ring (bicyclic) bond motifs is 1. The van der Waals surface area contributed by atoms with Crippen molar-refractivity contribution in [2.45, 2.75) is 44.4 Å². The number of β-lactam (4-membered cyclic amide) rings is 1. The van der Waals surface area contributed by atoms with Gasteiger partial charge in [-0.25, -0.2) is 19.4 Å². The molecule has 280 valence electrons. The van der Waals surface area contributed by atoms with Crippen LogP contribution >= 0.6 is 33.9 Å². The average Bonchev–Trinajstić information content (AvgIpc) is 3.56. The third kappa shape index (κ3) is 9.69. The van der Waals surface area contributed by atoms with Crippen molar-refractivity contribution < 1.29 is 61.5 Å². The molecule has 2 aromatic rings. The number of oxime groups is 1. The highest BCUT2D eigenvalue weighted by atomic mass is 127. The van der Waals surface area contributed by atoms with Crippen molar-refractivity contribution in [2.24, 2.45) is 5.16 Å². The maximum Gasteiger partial charge on any atom is 0.493 e. The van der Waals surface area contributed by atoms with E-state index in [0.717, 1.165) is 30.3 Å². The van der Waals surface area contributed by atoms with Gasteiger partial charge in [0.15, 0.2) is 16.9 Å². The van der Waals surface area contributed by atoms with Gasteiger partial charge in [0, 0.05) is 15.4 Å². The second-order valence-corrected chi connectivity index (χ2v) is 15.3. The number of benzene rings is 1. The fraction of sp³-hybridized carbons (Fsp3) is 0.367. The Bertz CT molecular complexity index is 1850. The summed E-state index contributed by atoms with van der Waals surface area (Å²) in [6.45, 7) is 4.90. The van der Waals surface area contributed by atoms with Gasteiger partial charge in [0.2, 0.25) is 11.1 Å². The SMILES string of the molecule is BOC(=O)/C(=C\B1OCO1)O/N=C(\C(=O)N[C@@H]1C(=O)N2C(C(=O)OCc3ccc(OC)cc3)=C(CI)C[S+]([O-])[C@H]12)c1csc(NC(=O)OC(C)(C)C)n1. The zero-order valence-electron chi connectivity index (χ0n) is 28.9. The first-order valence-electron chi connectivity index (χ1n) is 15.6. The maximum atomic E-state index is 13.8. The summed E-state index contributed by atoms with van der Waals surface area (Å²) in [5.74, 6) is -2.34. The van der Waals surface area contributed by atoms with Crippen LogP contribution in [0.25, 0.3) is 0 Å². The van der Waals surface area contributed by atoms with E-state index in [-0.39, 0.29) is 40.1 Å². The molecule has 1 unspecified atom stereocenters. The van der Waals surface area contributed by atoms with E-state index in [1.165, 1.54) is 12.5 Å². The molecule has 3 atom stereocenters. The Balaban J connectivity index is 1.37. The monoisotopic (exact) mass is 883 g/mol. The van der Waals surface area contributed by atoms with Crippen LogP contribution in [0.1, 0.15) is 32.0 Å². The number of carbonyl (C=O) groups is 5. The largest absolute Gasteiger partial charge is 0.614 e. The fourth-order valence-corrected chi connectivity index (χ4v) is 8.19. The predicted molar refractivity (Wildman–Crippen MR) is 199 cm³/mol. The van der Waals surface area contributed by atoms with E-state index in [1.807, 2.05) is 22.6 Å². The summed E-state index contributed by atoms with van der Waals surface area (Å²) in [7, 11) is 1.67. The van der Waals surface area contributed by atoms with Gasteiger partial charge in [-0.15, -0.1) is 11.3 Å². The zero-order chi connectivity index (χ0) is 38.4. The Labute approximate surface area is 324 Å². The molecule has 5 rings (SSSR count). The molecular formula is C30H32B2IN5O13S2. The first-order valence-corrected chi connectivity index (χ1v) is 19.3. The number of nitrogens with zero attached hydrogens (tertiary/aromatic N) is 3. The van der Waals surface area contributed by atoms with E-state index in [1.54, 1.807) is 45.0 Å². The molecular weight excluding hydrogens is 851 g/mol. The van der Waals surface area contributed by atoms with Gasteiger partial charge >= 0.3 is 33.2 Å². The van der Waals surface area contributed by atoms with Crippen molar-refractivity contribution in [3.63, 3.8) is 0 Å². The van der Waals surface area contributed by atoms with Gasteiger partial charge in [-0.1, -0.05) is 39.9 Å². The molecule has 0 saturated carbocycles. The van der Waals surface area contributed by atoms with E-state index in [9.17, 15) is 28.5 Å². The number of halogens is 1. The van der Waals surface area contributed by atoms with Gasteiger partial charge in [-0.05, 0) is 55.6 Å². The van der Waals surface area contributed by atoms with Crippen molar-refractivity contribution in [1.29, 1.82) is 0 Å². The van der Waals surface area contributed by atoms with Gasteiger partial charge in [0.25, 0.3) is 11.8 Å². The van der Waals surface area contributed by atoms with Gasteiger partial charge < -0.3 is 42.9 Å². The highest BCUT2D eigenvalue weighted by molar-refractivity contribution is 14.1. The molecule has 1 aromatic carbocycles. The minimum atomic E-state index is -1.73. The maximum absolute atomic E-state index is 13.8. The molecule has 3 aliphatic heterocycles. The number of anilines is 1. The van der Waals surface area contributed by atoms with Crippen molar-refractivity contribution >= 4 is 101 Å². The van der Waals surface area contributed by atoms with Crippen LogP contribution in [-0.2, 0) is 65.2 Å². The van der Waals surface area contributed by atoms with E-state index < -0.39 is 76.6 Å². The third-order valence-electron chi connectivity index (χ3n) is 7.32. The number of alkyl halides is 1. The van der Waals surface area contributed by atoms with Crippen LogP contribution in [0.15, 0.2) is 57.8 Å². The zero-order valence-corrected chi connectivity index (χ0v) is 32.7. The summed E-state index contributed by atoms with van der Waals surface area (Å²) in [5, 5.41) is 9.07. The highest BCUT2D eigenvalue weighted by Gasteiger charge is 2.61. The molecule has 2 N–H and O–H groups in total. The average molecular weight is 883 g/mol. The number of thiazole rings is 1. The normalized spacial score (nSPS) is 20.0. The highest BCUT2D eigenvalue weighted by Crippen LogP contribution is 2.38. The Morgan fingerprint density at radius 2 is 1.96 bits per heavy atom. The topological polar surface area (TPSA) is 226 Å². The molecule has 3 amide bonds. The lowest BCUT2D eigenvalue weighted by atomic mass is 9.87. The van der Waals surface area contributed by atoms with Gasteiger partial charge in [0.05, 0.1) is 7.11 Å². The molecule has 53 heavy (non-hydrogen) atoms. The Morgan fingerprint density at radius 1 is 1.25 bits per heavy atom. The van der Waals surface area contributed by atoms with Crippen LogP contribution in [-0.4, -0.2) is 106 Å². The Kier molecular flexibility index (Phi) is 13.1. The number of rotatable bonds is 13. The number of hydrogen-bond donors (Lipinski definition) is 2. The molecule has 4 heterocycles. The first-order chi connectivity index (χ1) is 25.2. The van der Waals surface area contributed by atoms with E-state index in [2.05, 4.69) is 20.8 Å². The molecule has 23 heteroatoms. The molecule has 18 nitrogen and oxygen atoms in total. The lowest BCUT2D eigenvalue weighted by Crippen LogP contribution is -2.75. The quantitative estimate of drug-likeness (QED) is 0.0275. The number of esters is 1. The van der Waals surface area contributed by atoms with Crippen LogP contribution in [0.2, 0.25) is 0 Å². The van der Waals surface area contributed by atoms with E-state index in [0.29, 0.717) is 16.9 Å². The fourth-order valence-electron chi connectivity index (χ4n) is 4.83. The predicted octanol–water partition coefficient (Wildman–Crippen LogP) is 1.07. The van der Waals surface area contributed by atoms with Crippen molar-refractivity contribution in [3.8, 4) is 5.75 Å². The van der Waals surface area contributed by atoms with Crippen LogP contribution < -0.4 is 15.4 Å². The minimum absolute atomic E-state index is 0.0169. The van der Waals surface area contributed by atoms with Gasteiger partial charge in [0.1, 0.15) is 41.9 Å². The Hall–Kier alpha value is -4.16. The van der Waals surface area contributed by atoms with Crippen molar-refractivity contribution in [1.82, 2.24) is 15.2 Å². The number of aromatic nitrogens is 1. The third-order valence-corrected chi connectivity index (χ3v) is 10.7. The van der Waals surface area contributed by atoms with Crippen molar-refractivity contribution in [3.05, 3.63) is 63.9 Å². The van der Waals surface area contributed by atoms with E-state index in [4.69, 9.17) is 33.0 Å². The summed E-state index contributed by atoms with van der Waals surface area (Å²) in [6.07, 6.45) is -0.814. The number of amides is 3. The number of methoxy groups -OCH3 is 1. The van der Waals surface area contributed by atoms with Gasteiger partial charge in [-0.3, -0.25) is 19.8 Å². The molecule has 0 bridgehead atoms. The molecule has 0 spiro atoms. The summed E-state index contributed by atoms with van der Waals surface area (Å²) >= 11 is 1.19. The molecule has 1 aromatic heterocycles. The van der Waals surface area contributed by atoms with Crippen LogP contribution in [0.3, 0.4) is 0 Å². The number of carbonyl (C=O) groups excluding carboxylic acids is 5. The summed E-state index contributed by atoms with van der Waals surface area (Å²) in [4.78, 5) is 76.2.